The molecule has 3 unspecified atom stereocenters. The summed E-state index contributed by atoms with van der Waals surface area (Å²) in [5, 5.41) is 16.3. The number of imidazole rings is 2. The van der Waals surface area contributed by atoms with Crippen molar-refractivity contribution in [1.82, 2.24) is 40.4 Å². The third-order valence-electron chi connectivity index (χ3n) is 10.1. The molecule has 2 aliphatic rings. The van der Waals surface area contributed by atoms with Gasteiger partial charge in [-0.05, 0) is 84.3 Å². The lowest BCUT2D eigenvalue weighted by Gasteiger charge is -2.29. The number of fused-ring (bicyclic) bond motifs is 1. The monoisotopic (exact) mass is 746 g/mol. The summed E-state index contributed by atoms with van der Waals surface area (Å²) in [5.74, 6) is 12.5. The van der Waals surface area contributed by atoms with Crippen LogP contribution in [0.5, 0.6) is 0 Å². The van der Waals surface area contributed by atoms with Gasteiger partial charge in [0.05, 0.1) is 37.3 Å². The van der Waals surface area contributed by atoms with E-state index in [2.05, 4.69) is 60.3 Å². The van der Waals surface area contributed by atoms with Crippen molar-refractivity contribution in [3.8, 4) is 34.9 Å². The fourth-order valence-electron chi connectivity index (χ4n) is 7.25. The number of hydrogen-bond acceptors (Lipinski definition) is 7. The topological polar surface area (TPSA) is 186 Å². The number of aromatic amines is 2. The zero-order chi connectivity index (χ0) is 39.2. The highest BCUT2D eigenvalue weighted by atomic mass is 16.5. The highest BCUT2D eigenvalue weighted by Gasteiger charge is 2.38. The summed E-state index contributed by atoms with van der Waals surface area (Å²) in [6, 6.07) is 10.0. The van der Waals surface area contributed by atoms with Gasteiger partial charge in [-0.15, -0.1) is 0 Å². The number of amides is 4. The summed E-state index contributed by atoms with van der Waals surface area (Å²) in [7, 11) is 1.27. The molecule has 5 N–H and O–H groups in total. The van der Waals surface area contributed by atoms with Gasteiger partial charge < -0.3 is 40.2 Å². The van der Waals surface area contributed by atoms with Crippen LogP contribution < -0.4 is 10.6 Å². The highest BCUT2D eigenvalue weighted by molar-refractivity contribution is 5.89. The van der Waals surface area contributed by atoms with E-state index in [-0.39, 0.29) is 35.7 Å². The Balaban J connectivity index is 1.10. The van der Waals surface area contributed by atoms with Gasteiger partial charge in [0, 0.05) is 24.2 Å². The molecule has 2 aliphatic heterocycles. The van der Waals surface area contributed by atoms with E-state index < -0.39 is 24.3 Å². The molecule has 4 aromatic rings. The Hall–Kier alpha value is -6.28. The molecule has 14 nitrogen and oxygen atoms in total. The van der Waals surface area contributed by atoms with Crippen LogP contribution >= 0.6 is 0 Å². The van der Waals surface area contributed by atoms with E-state index in [0.717, 1.165) is 53.3 Å². The number of methoxy groups -OCH3 is 1. The van der Waals surface area contributed by atoms with E-state index in [1.165, 1.54) is 7.11 Å². The number of nitrogens with one attached hydrogen (secondary N) is 4. The van der Waals surface area contributed by atoms with Crippen molar-refractivity contribution in [2.75, 3.05) is 20.2 Å². The number of likely N-dealkylation sites (tertiary alicyclic amines) is 2. The number of ether oxygens (including phenoxy) is 1. The summed E-state index contributed by atoms with van der Waals surface area (Å²) in [6.07, 6.45) is 4.67. The van der Waals surface area contributed by atoms with Crippen molar-refractivity contribution in [2.45, 2.75) is 77.5 Å². The second kappa shape index (κ2) is 16.8. The van der Waals surface area contributed by atoms with Gasteiger partial charge in [-0.1, -0.05) is 51.8 Å². The SMILES string of the molecule is COC(=O)NC(C(=O)N1CCCC1c1ncc(C#CC#Cc2ccc3cc(-c4cnc(C5CCCN5C(=O)[C@@H](NC(=O)O)C(C)C)[nH]4)ccc3c2)[nH]1)C(C)C. The maximum Gasteiger partial charge on any atom is 0.407 e. The lowest BCUT2D eigenvalue weighted by Crippen LogP contribution is -2.51. The van der Waals surface area contributed by atoms with Gasteiger partial charge in [-0.3, -0.25) is 9.59 Å². The van der Waals surface area contributed by atoms with Crippen molar-refractivity contribution in [3.63, 3.8) is 0 Å². The third kappa shape index (κ3) is 8.76. The Labute approximate surface area is 319 Å². The van der Waals surface area contributed by atoms with Gasteiger partial charge in [-0.25, -0.2) is 19.6 Å². The zero-order valence-electron chi connectivity index (χ0n) is 31.6. The van der Waals surface area contributed by atoms with Crippen LogP contribution in [0.4, 0.5) is 9.59 Å². The molecule has 4 atom stereocenters. The predicted octanol–water partition coefficient (Wildman–Crippen LogP) is 5.36. The molecule has 0 aliphatic carbocycles. The third-order valence-corrected chi connectivity index (χ3v) is 10.1. The minimum Gasteiger partial charge on any atom is -0.465 e. The summed E-state index contributed by atoms with van der Waals surface area (Å²) in [4.78, 5) is 69.2. The Morgan fingerprint density at radius 3 is 2.02 bits per heavy atom. The number of carbonyl (C=O) groups excluding carboxylic acids is 3. The average Bonchev–Trinajstić information content (AvgIpc) is 4.00. The van der Waals surface area contributed by atoms with Gasteiger partial charge in [0.2, 0.25) is 11.8 Å². The molecule has 2 fully saturated rings. The molecule has 0 radical (unpaired) electrons. The van der Waals surface area contributed by atoms with Crippen molar-refractivity contribution in [1.29, 1.82) is 0 Å². The number of alkyl carbamates (subject to hydrolysis) is 1. The van der Waals surface area contributed by atoms with Crippen LogP contribution in [0.1, 0.15) is 88.4 Å². The summed E-state index contributed by atoms with van der Waals surface area (Å²) >= 11 is 0. The van der Waals surface area contributed by atoms with E-state index in [1.807, 2.05) is 58.0 Å². The van der Waals surface area contributed by atoms with E-state index in [4.69, 9.17) is 4.74 Å². The molecule has 2 aromatic heterocycles. The number of hydrogen-bond donors (Lipinski definition) is 5. The first-order chi connectivity index (χ1) is 26.4. The van der Waals surface area contributed by atoms with Crippen LogP contribution in [0.15, 0.2) is 48.8 Å². The van der Waals surface area contributed by atoms with E-state index >= 15 is 0 Å². The van der Waals surface area contributed by atoms with Crippen molar-refractivity contribution < 1.29 is 29.0 Å². The Kier molecular flexibility index (Phi) is 11.7. The molecular weight excluding hydrogens is 701 g/mol. The molecule has 6 rings (SSSR count). The second-order valence-electron chi connectivity index (χ2n) is 14.5. The van der Waals surface area contributed by atoms with E-state index in [9.17, 15) is 24.3 Å². The van der Waals surface area contributed by atoms with Crippen LogP contribution in [-0.2, 0) is 14.3 Å². The summed E-state index contributed by atoms with van der Waals surface area (Å²) in [5.41, 5.74) is 3.17. The first-order valence-electron chi connectivity index (χ1n) is 18.5. The smallest absolute Gasteiger partial charge is 0.407 e. The molecule has 4 amide bonds. The minimum absolute atomic E-state index is 0.119. The first kappa shape index (κ1) is 38.4. The Bertz CT molecular complexity index is 2200. The van der Waals surface area contributed by atoms with Gasteiger partial charge >= 0.3 is 12.2 Å². The molecule has 2 aromatic carbocycles. The quantitative estimate of drug-likeness (QED) is 0.142. The number of nitrogens with zero attached hydrogens (tertiary/aromatic N) is 4. The van der Waals surface area contributed by atoms with Gasteiger partial charge in [0.25, 0.3) is 0 Å². The number of benzene rings is 2. The number of H-pyrrole nitrogens is 2. The fraction of sp³-hybridized carbons (Fsp3) is 0.415. The van der Waals surface area contributed by atoms with E-state index in [0.29, 0.717) is 30.4 Å². The predicted molar refractivity (Wildman–Crippen MR) is 205 cm³/mol. The standard InChI is InChI=1S/C41H46N8O6/c1-24(2)34(46-40(52)53)38(50)49-19-9-13-33(49)37-43-23-31(45-37)29-17-16-27-20-26(14-15-28(27)21-29)10-6-7-11-30-22-42-36(44-30)32-12-8-18-48(32)39(51)35(25(3)4)47-41(54)55-5/h14-17,20-25,32-35,46H,8-9,12-13,18-19H2,1-5H3,(H,42,44)(H,43,45)(H,47,54)(H,52,53)/t32?,33?,34-,35?/m0/s1. The Morgan fingerprint density at radius 2 is 1.38 bits per heavy atom. The van der Waals surface area contributed by atoms with Crippen molar-refractivity contribution >= 4 is 34.8 Å². The van der Waals surface area contributed by atoms with Crippen LogP contribution in [0.3, 0.4) is 0 Å². The van der Waals surface area contributed by atoms with E-state index in [1.54, 1.807) is 22.2 Å². The van der Waals surface area contributed by atoms with Crippen LogP contribution in [-0.4, -0.2) is 91.1 Å². The van der Waals surface area contributed by atoms with Gasteiger partial charge in [0.15, 0.2) is 0 Å². The number of carbonyl (C=O) groups is 4. The Morgan fingerprint density at radius 1 is 0.800 bits per heavy atom. The lowest BCUT2D eigenvalue weighted by atomic mass is 10.0. The molecule has 0 spiro atoms. The zero-order valence-corrected chi connectivity index (χ0v) is 31.6. The average molecular weight is 747 g/mol. The fourth-order valence-corrected chi connectivity index (χ4v) is 7.25. The van der Waals surface area contributed by atoms with Crippen molar-refractivity contribution in [3.05, 3.63) is 71.7 Å². The lowest BCUT2D eigenvalue weighted by molar-refractivity contribution is -0.136. The molecule has 4 heterocycles. The molecule has 0 bridgehead atoms. The number of rotatable bonds is 9. The summed E-state index contributed by atoms with van der Waals surface area (Å²) < 4.78 is 4.72. The number of carboxylic acid groups (broad SMARTS) is 1. The van der Waals surface area contributed by atoms with Crippen LogP contribution in [0, 0.1) is 35.5 Å². The van der Waals surface area contributed by atoms with Gasteiger partial charge in [0.1, 0.15) is 29.4 Å². The maximum atomic E-state index is 13.4. The second-order valence-corrected chi connectivity index (χ2v) is 14.5. The highest BCUT2D eigenvalue weighted by Crippen LogP contribution is 2.34. The molecule has 55 heavy (non-hydrogen) atoms. The first-order valence-corrected chi connectivity index (χ1v) is 18.5. The van der Waals surface area contributed by atoms with Crippen LogP contribution in [0.25, 0.3) is 22.0 Å². The molecule has 2 saturated heterocycles. The number of aromatic nitrogens is 4. The minimum atomic E-state index is -1.22. The maximum absolute atomic E-state index is 13.4. The van der Waals surface area contributed by atoms with Crippen molar-refractivity contribution in [2.24, 2.45) is 11.8 Å². The van der Waals surface area contributed by atoms with Crippen LogP contribution in [0.2, 0.25) is 0 Å². The van der Waals surface area contributed by atoms with Gasteiger partial charge in [-0.2, -0.15) is 0 Å². The molecule has 14 heteroatoms. The summed E-state index contributed by atoms with van der Waals surface area (Å²) in [6.45, 7) is 8.52. The molecule has 286 valence electrons. The normalized spacial score (nSPS) is 17.7. The molecular formula is C41H46N8O6. The largest absolute Gasteiger partial charge is 0.465 e. The molecule has 0 saturated carbocycles.